The number of guanidine groups is 1. The van der Waals surface area contributed by atoms with E-state index in [-0.39, 0.29) is 24.0 Å². The van der Waals surface area contributed by atoms with Crippen LogP contribution in [0.25, 0.3) is 0 Å². The van der Waals surface area contributed by atoms with Gasteiger partial charge in [0.15, 0.2) is 5.96 Å². The molecule has 0 aliphatic heterocycles. The molecule has 0 radical (unpaired) electrons. The van der Waals surface area contributed by atoms with Crippen molar-refractivity contribution in [1.82, 2.24) is 10.6 Å². The molecule has 3 unspecified atom stereocenters. The average molecular weight is 479 g/mol. The van der Waals surface area contributed by atoms with Gasteiger partial charge in [-0.1, -0.05) is 54.6 Å². The lowest BCUT2D eigenvalue weighted by Crippen LogP contribution is -2.40. The Balaban J connectivity index is 0.00000261. The zero-order valence-electron chi connectivity index (χ0n) is 16.3. The van der Waals surface area contributed by atoms with Crippen LogP contribution >= 0.6 is 24.0 Å². The van der Waals surface area contributed by atoms with Gasteiger partial charge in [-0.3, -0.25) is 0 Å². The smallest absolute Gasteiger partial charge is 0.191 e. The predicted molar refractivity (Wildman–Crippen MR) is 123 cm³/mol. The Morgan fingerprint density at radius 3 is 2.48 bits per heavy atom. The number of nitrogens with zero attached hydrogens (tertiary/aromatic N) is 1. The molecular formula is C22H30IN3O. The minimum atomic E-state index is -0.984. The zero-order valence-corrected chi connectivity index (χ0v) is 18.6. The molecule has 0 bridgehead atoms. The van der Waals surface area contributed by atoms with E-state index < -0.39 is 5.60 Å². The van der Waals surface area contributed by atoms with Gasteiger partial charge >= 0.3 is 0 Å². The van der Waals surface area contributed by atoms with Gasteiger partial charge in [0.1, 0.15) is 5.60 Å². The molecule has 2 aromatic rings. The fraction of sp³-hybridized carbons (Fsp3) is 0.409. The number of aryl methyl sites for hydroxylation is 1. The van der Waals surface area contributed by atoms with E-state index in [4.69, 9.17) is 0 Å². The highest BCUT2D eigenvalue weighted by Gasteiger charge is 2.39. The first-order chi connectivity index (χ1) is 12.5. The van der Waals surface area contributed by atoms with Crippen LogP contribution in [0.4, 0.5) is 0 Å². The molecule has 0 heterocycles. The molecule has 3 N–H and O–H groups in total. The molecule has 1 aliphatic carbocycles. The first-order valence-corrected chi connectivity index (χ1v) is 9.39. The molecule has 1 saturated carbocycles. The van der Waals surface area contributed by atoms with Crippen molar-refractivity contribution < 1.29 is 5.11 Å². The second kappa shape index (κ2) is 9.55. The molecule has 1 fully saturated rings. The van der Waals surface area contributed by atoms with Crippen LogP contribution in [-0.2, 0) is 5.60 Å². The van der Waals surface area contributed by atoms with E-state index in [2.05, 4.69) is 53.7 Å². The summed E-state index contributed by atoms with van der Waals surface area (Å²) in [6, 6.07) is 18.7. The summed E-state index contributed by atoms with van der Waals surface area (Å²) in [5.41, 5.74) is 2.65. The quantitative estimate of drug-likeness (QED) is 0.335. The highest BCUT2D eigenvalue weighted by Crippen LogP contribution is 2.42. The van der Waals surface area contributed by atoms with Crippen molar-refractivity contribution in [2.75, 3.05) is 13.1 Å². The van der Waals surface area contributed by atoms with Crippen molar-refractivity contribution >= 4 is 29.9 Å². The van der Waals surface area contributed by atoms with Gasteiger partial charge in [0.2, 0.25) is 0 Å². The van der Waals surface area contributed by atoms with Crippen LogP contribution in [0.1, 0.15) is 42.9 Å². The van der Waals surface area contributed by atoms with E-state index in [9.17, 15) is 5.11 Å². The summed E-state index contributed by atoms with van der Waals surface area (Å²) in [6.45, 7) is 7.14. The number of aliphatic imine (C=N–C) groups is 1. The number of aliphatic hydroxyl groups is 1. The largest absolute Gasteiger partial charge is 0.384 e. The lowest BCUT2D eigenvalue weighted by molar-refractivity contribution is 0.0672. The van der Waals surface area contributed by atoms with Crippen molar-refractivity contribution in [1.29, 1.82) is 0 Å². The Labute approximate surface area is 179 Å². The third kappa shape index (κ3) is 5.69. The molecule has 27 heavy (non-hydrogen) atoms. The first kappa shape index (κ1) is 21.7. The van der Waals surface area contributed by atoms with E-state index in [1.54, 1.807) is 0 Å². The standard InChI is InChI=1S/C22H29N3O.HI/c1-4-23-21(24-15-22(3,26)17-11-6-5-7-12-17)25-20-14-19(20)18-13-9-8-10-16(18)2;/h5-13,19-20,26H,4,14-15H2,1-3H3,(H2,23,24,25);1H. The van der Waals surface area contributed by atoms with Crippen molar-refractivity contribution in [2.24, 2.45) is 4.99 Å². The van der Waals surface area contributed by atoms with Crippen LogP contribution in [0.15, 0.2) is 59.6 Å². The van der Waals surface area contributed by atoms with Crippen LogP contribution in [0.2, 0.25) is 0 Å². The molecule has 0 spiro atoms. The van der Waals surface area contributed by atoms with E-state index >= 15 is 0 Å². The SMILES string of the molecule is CCNC(=NCC(C)(O)c1ccccc1)NC1CC1c1ccccc1C.I. The summed E-state index contributed by atoms with van der Waals surface area (Å²) in [5, 5.41) is 17.6. The second-order valence-electron chi connectivity index (χ2n) is 7.28. The summed E-state index contributed by atoms with van der Waals surface area (Å²) in [6.07, 6.45) is 1.12. The fourth-order valence-corrected chi connectivity index (χ4v) is 3.32. The van der Waals surface area contributed by atoms with Gasteiger partial charge in [0.05, 0.1) is 6.54 Å². The van der Waals surface area contributed by atoms with Crippen molar-refractivity contribution in [2.45, 2.75) is 44.8 Å². The summed E-state index contributed by atoms with van der Waals surface area (Å²) in [7, 11) is 0. The monoisotopic (exact) mass is 479 g/mol. The Morgan fingerprint density at radius 1 is 1.15 bits per heavy atom. The molecule has 0 saturated heterocycles. The predicted octanol–water partition coefficient (Wildman–Crippen LogP) is 3.93. The Morgan fingerprint density at radius 2 is 1.81 bits per heavy atom. The maximum absolute atomic E-state index is 10.8. The summed E-state index contributed by atoms with van der Waals surface area (Å²) >= 11 is 0. The lowest BCUT2D eigenvalue weighted by atomic mass is 9.96. The lowest BCUT2D eigenvalue weighted by Gasteiger charge is -2.22. The highest BCUT2D eigenvalue weighted by atomic mass is 127. The third-order valence-electron chi connectivity index (χ3n) is 4.99. The van der Waals surface area contributed by atoms with E-state index in [1.807, 2.05) is 37.3 Å². The average Bonchev–Trinajstić information content (AvgIpc) is 3.40. The van der Waals surface area contributed by atoms with Crippen molar-refractivity contribution in [3.63, 3.8) is 0 Å². The maximum Gasteiger partial charge on any atom is 0.191 e. The van der Waals surface area contributed by atoms with Gasteiger partial charge in [-0.05, 0) is 43.9 Å². The Kier molecular flexibility index (Phi) is 7.68. The Hall–Kier alpha value is -1.60. The summed E-state index contributed by atoms with van der Waals surface area (Å²) in [5.74, 6) is 1.31. The van der Waals surface area contributed by atoms with E-state index in [1.165, 1.54) is 11.1 Å². The van der Waals surface area contributed by atoms with Crippen LogP contribution < -0.4 is 10.6 Å². The van der Waals surface area contributed by atoms with Gasteiger partial charge in [-0.2, -0.15) is 0 Å². The van der Waals surface area contributed by atoms with E-state index in [0.29, 0.717) is 18.5 Å². The number of rotatable bonds is 6. The number of hydrogen-bond donors (Lipinski definition) is 3. The normalized spacial score (nSPS) is 21.0. The molecule has 2 aromatic carbocycles. The summed E-state index contributed by atoms with van der Waals surface area (Å²) < 4.78 is 0. The van der Waals surface area contributed by atoms with E-state index in [0.717, 1.165) is 24.5 Å². The third-order valence-corrected chi connectivity index (χ3v) is 4.99. The maximum atomic E-state index is 10.8. The molecule has 4 nitrogen and oxygen atoms in total. The minimum Gasteiger partial charge on any atom is -0.384 e. The fourth-order valence-electron chi connectivity index (χ4n) is 3.32. The van der Waals surface area contributed by atoms with Crippen LogP contribution in [0.5, 0.6) is 0 Å². The molecule has 3 atom stereocenters. The molecule has 146 valence electrons. The summed E-state index contributed by atoms with van der Waals surface area (Å²) in [4.78, 5) is 4.64. The topological polar surface area (TPSA) is 56.7 Å². The first-order valence-electron chi connectivity index (χ1n) is 9.39. The van der Waals surface area contributed by atoms with Crippen molar-refractivity contribution in [3.05, 3.63) is 71.3 Å². The molecule has 5 heteroatoms. The number of hydrogen-bond acceptors (Lipinski definition) is 2. The molecule has 0 amide bonds. The molecule has 3 rings (SSSR count). The molecular weight excluding hydrogens is 449 g/mol. The second-order valence-corrected chi connectivity index (χ2v) is 7.28. The molecule has 1 aliphatic rings. The number of halogens is 1. The van der Waals surface area contributed by atoms with Gasteiger partial charge < -0.3 is 15.7 Å². The van der Waals surface area contributed by atoms with Gasteiger partial charge in [-0.25, -0.2) is 4.99 Å². The number of benzene rings is 2. The minimum absolute atomic E-state index is 0. The van der Waals surface area contributed by atoms with Gasteiger partial charge in [-0.15, -0.1) is 24.0 Å². The Bertz CT molecular complexity index is 761. The highest BCUT2D eigenvalue weighted by molar-refractivity contribution is 14.0. The zero-order chi connectivity index (χ0) is 18.6. The van der Waals surface area contributed by atoms with Crippen molar-refractivity contribution in [3.8, 4) is 0 Å². The van der Waals surface area contributed by atoms with Crippen LogP contribution in [0.3, 0.4) is 0 Å². The number of nitrogens with one attached hydrogen (secondary N) is 2. The van der Waals surface area contributed by atoms with Crippen LogP contribution in [-0.4, -0.2) is 30.2 Å². The van der Waals surface area contributed by atoms with Gasteiger partial charge in [0, 0.05) is 18.5 Å². The van der Waals surface area contributed by atoms with Gasteiger partial charge in [0.25, 0.3) is 0 Å². The molecule has 0 aromatic heterocycles. The van der Waals surface area contributed by atoms with Crippen LogP contribution in [0, 0.1) is 6.92 Å².